The number of anilines is 2. The molecule has 1 heterocycles. The van der Waals surface area contributed by atoms with Gasteiger partial charge in [-0.3, -0.25) is 0 Å². The summed E-state index contributed by atoms with van der Waals surface area (Å²) in [5, 5.41) is 12.4. The van der Waals surface area contributed by atoms with Gasteiger partial charge in [-0.15, -0.1) is 0 Å². The molecule has 0 amide bonds. The summed E-state index contributed by atoms with van der Waals surface area (Å²) in [4.78, 5) is 8.51. The van der Waals surface area contributed by atoms with Crippen molar-refractivity contribution in [3.05, 3.63) is 41.7 Å². The normalized spacial score (nSPS) is 10.1. The molecule has 1 aromatic carbocycles. The molecule has 0 fully saturated rings. The zero-order chi connectivity index (χ0) is 11.5. The van der Waals surface area contributed by atoms with Crippen molar-refractivity contribution in [2.75, 3.05) is 5.32 Å². The van der Waals surface area contributed by atoms with Crippen molar-refractivity contribution in [3.63, 3.8) is 0 Å². The smallest absolute Gasteiger partial charge is 0.227 e. The fraction of sp³-hybridized carbons (Fsp3) is 0.167. The Bertz CT molecular complexity index is 491. The Kier molecular flexibility index (Phi) is 2.72. The van der Waals surface area contributed by atoms with E-state index in [-0.39, 0.29) is 5.75 Å². The molecule has 2 aromatic rings. The lowest BCUT2D eigenvalue weighted by Gasteiger charge is -2.06. The molecule has 0 saturated heterocycles. The van der Waals surface area contributed by atoms with Crippen molar-refractivity contribution in [3.8, 4) is 5.75 Å². The Morgan fingerprint density at radius 1 is 1.06 bits per heavy atom. The summed E-state index contributed by atoms with van der Waals surface area (Å²) in [6.07, 6.45) is 0. The van der Waals surface area contributed by atoms with Gasteiger partial charge in [0, 0.05) is 23.1 Å². The van der Waals surface area contributed by atoms with Crippen LogP contribution >= 0.6 is 0 Å². The summed E-state index contributed by atoms with van der Waals surface area (Å²) in [5.74, 6) is 0.762. The highest BCUT2D eigenvalue weighted by Gasteiger charge is 2.00. The van der Waals surface area contributed by atoms with Gasteiger partial charge in [-0.25, -0.2) is 9.97 Å². The molecule has 0 aliphatic carbocycles. The van der Waals surface area contributed by atoms with Gasteiger partial charge in [0.15, 0.2) is 0 Å². The first-order valence-electron chi connectivity index (χ1n) is 5.02. The highest BCUT2D eigenvalue weighted by atomic mass is 16.3. The van der Waals surface area contributed by atoms with Crippen LogP contribution in [0, 0.1) is 13.8 Å². The first kappa shape index (κ1) is 10.4. The number of aromatic hydroxyl groups is 1. The molecule has 0 atom stereocenters. The third kappa shape index (κ3) is 2.48. The zero-order valence-electron chi connectivity index (χ0n) is 9.23. The van der Waals surface area contributed by atoms with Gasteiger partial charge in [-0.1, -0.05) is 6.07 Å². The lowest BCUT2D eigenvalue weighted by Crippen LogP contribution is -1.99. The second-order valence-corrected chi connectivity index (χ2v) is 3.65. The topological polar surface area (TPSA) is 58.0 Å². The molecular formula is C12H13N3O. The lowest BCUT2D eigenvalue weighted by atomic mass is 10.3. The number of phenols is 1. The van der Waals surface area contributed by atoms with E-state index in [9.17, 15) is 5.11 Å². The fourth-order valence-corrected chi connectivity index (χ4v) is 1.49. The third-order valence-electron chi connectivity index (χ3n) is 2.08. The van der Waals surface area contributed by atoms with Crippen LogP contribution in [0.15, 0.2) is 30.3 Å². The summed E-state index contributed by atoms with van der Waals surface area (Å²) in [7, 11) is 0. The largest absolute Gasteiger partial charge is 0.508 e. The SMILES string of the molecule is Cc1cc(C)nc(Nc2cccc(O)c2)n1. The zero-order valence-corrected chi connectivity index (χ0v) is 9.23. The van der Waals surface area contributed by atoms with Crippen LogP contribution in [0.3, 0.4) is 0 Å². The van der Waals surface area contributed by atoms with E-state index in [1.165, 1.54) is 0 Å². The number of phenolic OH excluding ortho intramolecular Hbond substituents is 1. The van der Waals surface area contributed by atoms with E-state index in [0.29, 0.717) is 5.95 Å². The summed E-state index contributed by atoms with van der Waals surface area (Å²) in [6, 6.07) is 8.77. The number of hydrogen-bond donors (Lipinski definition) is 2. The molecule has 0 aliphatic rings. The molecule has 0 unspecified atom stereocenters. The maximum atomic E-state index is 9.32. The minimum Gasteiger partial charge on any atom is -0.508 e. The van der Waals surface area contributed by atoms with Crippen LogP contribution in [-0.2, 0) is 0 Å². The molecule has 0 radical (unpaired) electrons. The van der Waals surface area contributed by atoms with Gasteiger partial charge in [-0.2, -0.15) is 0 Å². The Labute approximate surface area is 94.0 Å². The fourth-order valence-electron chi connectivity index (χ4n) is 1.49. The van der Waals surface area contributed by atoms with Crippen molar-refractivity contribution in [1.29, 1.82) is 0 Å². The monoisotopic (exact) mass is 215 g/mol. The van der Waals surface area contributed by atoms with Crippen LogP contribution in [0.2, 0.25) is 0 Å². The Morgan fingerprint density at radius 3 is 2.38 bits per heavy atom. The summed E-state index contributed by atoms with van der Waals surface area (Å²) in [5.41, 5.74) is 2.59. The molecule has 16 heavy (non-hydrogen) atoms. The number of rotatable bonds is 2. The number of aryl methyl sites for hydroxylation is 2. The maximum absolute atomic E-state index is 9.32. The first-order chi connectivity index (χ1) is 7.63. The molecule has 0 spiro atoms. The molecule has 2 N–H and O–H groups in total. The van der Waals surface area contributed by atoms with Crippen molar-refractivity contribution in [2.45, 2.75) is 13.8 Å². The van der Waals surface area contributed by atoms with Crippen LogP contribution in [-0.4, -0.2) is 15.1 Å². The predicted octanol–water partition coefficient (Wildman–Crippen LogP) is 2.54. The van der Waals surface area contributed by atoms with E-state index >= 15 is 0 Å². The van der Waals surface area contributed by atoms with Gasteiger partial charge in [0.05, 0.1) is 0 Å². The van der Waals surface area contributed by atoms with Gasteiger partial charge in [0.2, 0.25) is 5.95 Å². The van der Waals surface area contributed by atoms with Crippen molar-refractivity contribution < 1.29 is 5.11 Å². The number of nitrogens with zero attached hydrogens (tertiary/aromatic N) is 2. The van der Waals surface area contributed by atoms with Gasteiger partial charge in [0.25, 0.3) is 0 Å². The second kappa shape index (κ2) is 4.18. The minimum absolute atomic E-state index is 0.217. The van der Waals surface area contributed by atoms with Crippen molar-refractivity contribution >= 4 is 11.6 Å². The van der Waals surface area contributed by atoms with Crippen molar-refractivity contribution in [1.82, 2.24) is 9.97 Å². The summed E-state index contributed by atoms with van der Waals surface area (Å²) < 4.78 is 0. The number of aromatic nitrogens is 2. The molecule has 2 rings (SSSR count). The molecule has 1 aromatic heterocycles. The standard InChI is InChI=1S/C12H13N3O/c1-8-6-9(2)14-12(13-8)15-10-4-3-5-11(16)7-10/h3-7,16H,1-2H3,(H,13,14,15). The van der Waals surface area contributed by atoms with E-state index in [0.717, 1.165) is 17.1 Å². The highest BCUT2D eigenvalue weighted by Crippen LogP contribution is 2.18. The van der Waals surface area contributed by atoms with Crippen LogP contribution in [0.5, 0.6) is 5.75 Å². The Balaban J connectivity index is 2.27. The summed E-state index contributed by atoms with van der Waals surface area (Å²) in [6.45, 7) is 3.84. The predicted molar refractivity (Wildman–Crippen MR) is 62.9 cm³/mol. The molecule has 4 heteroatoms. The third-order valence-corrected chi connectivity index (χ3v) is 2.08. The van der Waals surface area contributed by atoms with E-state index in [1.807, 2.05) is 26.0 Å². The van der Waals surface area contributed by atoms with Crippen LogP contribution in [0.4, 0.5) is 11.6 Å². The molecule has 0 bridgehead atoms. The van der Waals surface area contributed by atoms with Gasteiger partial charge < -0.3 is 10.4 Å². The average molecular weight is 215 g/mol. The van der Waals surface area contributed by atoms with Gasteiger partial charge in [-0.05, 0) is 32.0 Å². The summed E-state index contributed by atoms with van der Waals surface area (Å²) >= 11 is 0. The number of nitrogens with one attached hydrogen (secondary N) is 1. The van der Waals surface area contributed by atoms with E-state index in [1.54, 1.807) is 18.2 Å². The highest BCUT2D eigenvalue weighted by molar-refractivity contribution is 5.55. The number of hydrogen-bond acceptors (Lipinski definition) is 4. The Hall–Kier alpha value is -2.10. The molecule has 82 valence electrons. The van der Waals surface area contributed by atoms with Gasteiger partial charge >= 0.3 is 0 Å². The maximum Gasteiger partial charge on any atom is 0.227 e. The average Bonchev–Trinajstić information content (AvgIpc) is 2.15. The molecular weight excluding hydrogens is 202 g/mol. The van der Waals surface area contributed by atoms with Crippen molar-refractivity contribution in [2.24, 2.45) is 0 Å². The lowest BCUT2D eigenvalue weighted by molar-refractivity contribution is 0.475. The van der Waals surface area contributed by atoms with E-state index in [2.05, 4.69) is 15.3 Å². The first-order valence-corrected chi connectivity index (χ1v) is 5.02. The van der Waals surface area contributed by atoms with Gasteiger partial charge in [0.1, 0.15) is 5.75 Å². The molecule has 4 nitrogen and oxygen atoms in total. The minimum atomic E-state index is 0.217. The van der Waals surface area contributed by atoms with E-state index < -0.39 is 0 Å². The second-order valence-electron chi connectivity index (χ2n) is 3.65. The Morgan fingerprint density at radius 2 is 1.75 bits per heavy atom. The van der Waals surface area contributed by atoms with Crippen LogP contribution in [0.1, 0.15) is 11.4 Å². The van der Waals surface area contributed by atoms with Crippen LogP contribution < -0.4 is 5.32 Å². The quantitative estimate of drug-likeness (QED) is 0.808. The van der Waals surface area contributed by atoms with Crippen LogP contribution in [0.25, 0.3) is 0 Å². The van der Waals surface area contributed by atoms with E-state index in [4.69, 9.17) is 0 Å². The molecule has 0 saturated carbocycles. The number of benzene rings is 1. The molecule has 0 aliphatic heterocycles.